The van der Waals surface area contributed by atoms with Crippen molar-refractivity contribution in [2.24, 2.45) is 5.73 Å². The van der Waals surface area contributed by atoms with E-state index in [1.165, 1.54) is 0 Å². The van der Waals surface area contributed by atoms with E-state index in [1.54, 1.807) is 0 Å². The number of hydrogen-bond donors (Lipinski definition) is 1. The van der Waals surface area contributed by atoms with E-state index in [0.717, 1.165) is 12.3 Å². The molecule has 0 aliphatic rings. The minimum Gasteiger partial charge on any atom is -0.406 e. The number of ether oxygens (including phenoxy) is 1. The topological polar surface area (TPSA) is 86.5 Å². The van der Waals surface area contributed by atoms with Crippen LogP contribution in [0, 0.1) is 0 Å². The van der Waals surface area contributed by atoms with Gasteiger partial charge in [-0.1, -0.05) is 0 Å². The van der Waals surface area contributed by atoms with Gasteiger partial charge in [-0.3, -0.25) is 4.79 Å². The third-order valence-electron chi connectivity index (χ3n) is 1.83. The van der Waals surface area contributed by atoms with Crippen LogP contribution in [-0.4, -0.2) is 26.9 Å². The molecule has 0 unspecified atom stereocenters. The fraction of sp³-hybridized carbons (Fsp3) is 0.222. The molecule has 0 saturated carbocycles. The van der Waals surface area contributed by atoms with E-state index in [-0.39, 0.29) is 0 Å². The van der Waals surface area contributed by atoms with Crippen LogP contribution in [0.5, 0.6) is 5.75 Å². The highest BCUT2D eigenvalue weighted by atomic mass is 32.2. The minimum atomic E-state index is -4.99. The van der Waals surface area contributed by atoms with Crippen LogP contribution in [0.25, 0.3) is 0 Å². The Balaban J connectivity index is 3.36. The Hall–Kier alpha value is -1.77. The third-order valence-corrected chi connectivity index (χ3v) is 2.92. The summed E-state index contributed by atoms with van der Waals surface area (Å²) < 4.78 is 62.1. The number of halogens is 3. The van der Waals surface area contributed by atoms with Crippen molar-refractivity contribution in [3.63, 3.8) is 0 Å². The molecule has 0 bridgehead atoms. The number of alkyl halides is 3. The van der Waals surface area contributed by atoms with Gasteiger partial charge < -0.3 is 10.5 Å². The number of rotatable bonds is 3. The lowest BCUT2D eigenvalue weighted by molar-refractivity contribution is -0.274. The molecule has 0 aliphatic carbocycles. The Kier molecular flexibility index (Phi) is 3.56. The first kappa shape index (κ1) is 14.3. The monoisotopic (exact) mass is 283 g/mol. The van der Waals surface area contributed by atoms with Crippen LogP contribution < -0.4 is 10.5 Å². The van der Waals surface area contributed by atoms with Crippen LogP contribution in [-0.2, 0) is 9.84 Å². The zero-order valence-electron chi connectivity index (χ0n) is 8.98. The lowest BCUT2D eigenvalue weighted by Gasteiger charge is -2.11. The van der Waals surface area contributed by atoms with Gasteiger partial charge in [0.05, 0.1) is 4.90 Å². The largest absolute Gasteiger partial charge is 0.573 e. The SMILES string of the molecule is CS(=O)(=O)c1cc(OC(F)(F)F)cc(C(N)=O)c1. The molecule has 0 radical (unpaired) electrons. The predicted molar refractivity (Wildman–Crippen MR) is 54.8 cm³/mol. The molecule has 5 nitrogen and oxygen atoms in total. The Morgan fingerprint density at radius 1 is 1.28 bits per heavy atom. The van der Waals surface area contributed by atoms with Crippen molar-refractivity contribution in [1.29, 1.82) is 0 Å². The number of benzene rings is 1. The summed E-state index contributed by atoms with van der Waals surface area (Å²) >= 11 is 0. The van der Waals surface area contributed by atoms with Gasteiger partial charge in [0.15, 0.2) is 9.84 Å². The smallest absolute Gasteiger partial charge is 0.406 e. The maximum absolute atomic E-state index is 12.0. The Morgan fingerprint density at radius 2 is 1.83 bits per heavy atom. The van der Waals surface area contributed by atoms with Crippen molar-refractivity contribution in [3.8, 4) is 5.75 Å². The van der Waals surface area contributed by atoms with Crippen LogP contribution in [0.15, 0.2) is 23.1 Å². The second-order valence-electron chi connectivity index (χ2n) is 3.38. The van der Waals surface area contributed by atoms with Gasteiger partial charge in [0.25, 0.3) is 0 Å². The molecule has 0 saturated heterocycles. The lowest BCUT2D eigenvalue weighted by Crippen LogP contribution is -2.18. The van der Waals surface area contributed by atoms with E-state index >= 15 is 0 Å². The summed E-state index contributed by atoms with van der Waals surface area (Å²) in [6, 6.07) is 2.25. The van der Waals surface area contributed by atoms with Crippen LogP contribution in [0.4, 0.5) is 13.2 Å². The normalized spacial score (nSPS) is 12.2. The van der Waals surface area contributed by atoms with Gasteiger partial charge in [0.1, 0.15) is 5.75 Å². The lowest BCUT2D eigenvalue weighted by atomic mass is 10.2. The fourth-order valence-electron chi connectivity index (χ4n) is 1.12. The number of amides is 1. The fourth-order valence-corrected chi connectivity index (χ4v) is 1.79. The second-order valence-corrected chi connectivity index (χ2v) is 5.39. The van der Waals surface area contributed by atoms with Gasteiger partial charge in [-0.2, -0.15) is 0 Å². The van der Waals surface area contributed by atoms with Gasteiger partial charge in [0.2, 0.25) is 5.91 Å². The van der Waals surface area contributed by atoms with Gasteiger partial charge in [0, 0.05) is 11.8 Å². The van der Waals surface area contributed by atoms with E-state index < -0.39 is 38.3 Å². The molecular weight excluding hydrogens is 275 g/mol. The van der Waals surface area contributed by atoms with E-state index in [0.29, 0.717) is 12.1 Å². The molecule has 0 fully saturated rings. The molecule has 0 heterocycles. The second kappa shape index (κ2) is 4.48. The maximum Gasteiger partial charge on any atom is 0.573 e. The molecule has 18 heavy (non-hydrogen) atoms. The van der Waals surface area contributed by atoms with E-state index in [2.05, 4.69) is 4.74 Å². The van der Waals surface area contributed by atoms with E-state index in [4.69, 9.17) is 5.73 Å². The van der Waals surface area contributed by atoms with Crippen molar-refractivity contribution < 1.29 is 31.1 Å². The summed E-state index contributed by atoms with van der Waals surface area (Å²) in [6.07, 6.45) is -4.21. The standard InChI is InChI=1S/C9H8F3NO4S/c1-18(15,16)7-3-5(8(13)14)2-6(4-7)17-9(10,11)12/h2-4H,1H3,(H2,13,14). The highest BCUT2D eigenvalue weighted by Crippen LogP contribution is 2.26. The number of sulfone groups is 1. The van der Waals surface area contributed by atoms with Gasteiger partial charge in [-0.25, -0.2) is 8.42 Å². The highest BCUT2D eigenvalue weighted by Gasteiger charge is 2.31. The molecule has 1 aromatic carbocycles. The van der Waals surface area contributed by atoms with Crippen molar-refractivity contribution in [2.45, 2.75) is 11.3 Å². The number of primary amides is 1. The quantitative estimate of drug-likeness (QED) is 0.899. The number of carbonyl (C=O) groups excluding carboxylic acids is 1. The van der Waals surface area contributed by atoms with Crippen molar-refractivity contribution in [1.82, 2.24) is 0 Å². The maximum atomic E-state index is 12.0. The first-order chi connectivity index (χ1) is 7.99. The molecule has 100 valence electrons. The summed E-state index contributed by atoms with van der Waals surface area (Å²) in [4.78, 5) is 10.4. The van der Waals surface area contributed by atoms with Crippen LogP contribution in [0.3, 0.4) is 0 Å². The molecule has 2 N–H and O–H groups in total. The zero-order valence-corrected chi connectivity index (χ0v) is 9.80. The zero-order chi connectivity index (χ0) is 14.1. The highest BCUT2D eigenvalue weighted by molar-refractivity contribution is 7.90. The molecule has 1 rings (SSSR count). The number of nitrogens with two attached hydrogens (primary N) is 1. The molecular formula is C9H8F3NO4S. The van der Waals surface area contributed by atoms with Crippen molar-refractivity contribution >= 4 is 15.7 Å². The minimum absolute atomic E-state index is 0.392. The molecule has 9 heteroatoms. The van der Waals surface area contributed by atoms with E-state index in [1.807, 2.05) is 0 Å². The number of carbonyl (C=O) groups is 1. The summed E-state index contributed by atoms with van der Waals surface area (Å²) in [5, 5.41) is 0. The average molecular weight is 283 g/mol. The van der Waals surface area contributed by atoms with Crippen LogP contribution in [0.2, 0.25) is 0 Å². The summed E-state index contributed by atoms with van der Waals surface area (Å²) in [5.41, 5.74) is 4.50. The Bertz CT molecular complexity index is 580. The molecule has 1 aromatic rings. The number of hydrogen-bond acceptors (Lipinski definition) is 4. The van der Waals surface area contributed by atoms with Crippen LogP contribution >= 0.6 is 0 Å². The van der Waals surface area contributed by atoms with Crippen molar-refractivity contribution in [3.05, 3.63) is 23.8 Å². The van der Waals surface area contributed by atoms with Gasteiger partial charge in [-0.15, -0.1) is 13.2 Å². The molecule has 0 atom stereocenters. The molecule has 0 spiro atoms. The summed E-state index contributed by atoms with van der Waals surface area (Å²) in [6.45, 7) is 0. The predicted octanol–water partition coefficient (Wildman–Crippen LogP) is 1.09. The van der Waals surface area contributed by atoms with E-state index in [9.17, 15) is 26.4 Å². The van der Waals surface area contributed by atoms with Gasteiger partial charge in [-0.05, 0) is 18.2 Å². The molecule has 1 amide bonds. The molecule has 0 aromatic heterocycles. The Morgan fingerprint density at radius 3 is 2.22 bits per heavy atom. The third kappa shape index (κ3) is 3.91. The van der Waals surface area contributed by atoms with Crippen LogP contribution in [0.1, 0.15) is 10.4 Å². The Labute approximate surface area is 100 Å². The first-order valence-electron chi connectivity index (χ1n) is 4.40. The summed E-state index contributed by atoms with van der Waals surface area (Å²) in [5.74, 6) is -1.88. The first-order valence-corrected chi connectivity index (χ1v) is 6.29. The summed E-state index contributed by atoms with van der Waals surface area (Å²) in [7, 11) is -3.79. The molecule has 0 aliphatic heterocycles. The van der Waals surface area contributed by atoms with Gasteiger partial charge >= 0.3 is 6.36 Å². The van der Waals surface area contributed by atoms with Crippen molar-refractivity contribution in [2.75, 3.05) is 6.26 Å². The average Bonchev–Trinajstić information content (AvgIpc) is 2.12.